The molecule has 20 heavy (non-hydrogen) atoms. The molecule has 0 saturated heterocycles. The molecule has 1 N–H and O–H groups in total. The minimum absolute atomic E-state index is 0.000625. The Labute approximate surface area is 125 Å². The predicted octanol–water partition coefficient (Wildman–Crippen LogP) is 2.88. The maximum absolute atomic E-state index is 11.7. The fourth-order valence-electron chi connectivity index (χ4n) is 2.13. The van der Waals surface area contributed by atoms with E-state index in [0.29, 0.717) is 0 Å². The molecule has 2 aromatic rings. The van der Waals surface area contributed by atoms with Crippen molar-refractivity contribution in [2.45, 2.75) is 13.3 Å². The van der Waals surface area contributed by atoms with Crippen LogP contribution in [0.5, 0.6) is 0 Å². The van der Waals surface area contributed by atoms with Gasteiger partial charge in [0.15, 0.2) is 5.71 Å². The van der Waals surface area contributed by atoms with E-state index in [2.05, 4.69) is 21.1 Å². The molecular formula is C14H15BrN2O3. The van der Waals surface area contributed by atoms with Gasteiger partial charge in [0.25, 0.3) is 0 Å². The predicted molar refractivity (Wildman–Crippen MR) is 80.2 cm³/mol. The SMILES string of the molecule is CCOC(=O)/C(Cc1cn(C)c2ccc(Br)cc12)=N/O. The van der Waals surface area contributed by atoms with Crippen LogP contribution in [0, 0.1) is 0 Å². The molecule has 0 aliphatic rings. The van der Waals surface area contributed by atoms with Crippen molar-refractivity contribution in [2.24, 2.45) is 12.2 Å². The van der Waals surface area contributed by atoms with Crippen LogP contribution in [0.1, 0.15) is 12.5 Å². The monoisotopic (exact) mass is 338 g/mol. The van der Waals surface area contributed by atoms with Gasteiger partial charge in [-0.3, -0.25) is 0 Å². The maximum atomic E-state index is 11.7. The molecule has 0 unspecified atom stereocenters. The summed E-state index contributed by atoms with van der Waals surface area (Å²) >= 11 is 3.43. The molecule has 2 rings (SSSR count). The van der Waals surface area contributed by atoms with Gasteiger partial charge >= 0.3 is 5.97 Å². The first kappa shape index (κ1) is 14.6. The molecule has 1 heterocycles. The zero-order chi connectivity index (χ0) is 14.7. The van der Waals surface area contributed by atoms with Gasteiger partial charge in [0.05, 0.1) is 6.61 Å². The largest absolute Gasteiger partial charge is 0.461 e. The molecule has 0 bridgehead atoms. The number of oxime groups is 1. The highest BCUT2D eigenvalue weighted by molar-refractivity contribution is 9.10. The highest BCUT2D eigenvalue weighted by Crippen LogP contribution is 2.25. The Morgan fingerprint density at radius 3 is 2.90 bits per heavy atom. The van der Waals surface area contributed by atoms with Gasteiger partial charge in [0, 0.05) is 35.0 Å². The fraction of sp³-hybridized carbons (Fsp3) is 0.286. The van der Waals surface area contributed by atoms with Crippen molar-refractivity contribution in [1.82, 2.24) is 4.57 Å². The highest BCUT2D eigenvalue weighted by atomic mass is 79.9. The van der Waals surface area contributed by atoms with Crippen LogP contribution in [-0.4, -0.2) is 28.1 Å². The standard InChI is InChI=1S/C14H15BrN2O3/c1-3-20-14(18)12(16-19)6-9-8-17(2)13-5-4-10(15)7-11(9)13/h4-5,7-8,19H,3,6H2,1-2H3/b16-12+. The average Bonchev–Trinajstić information content (AvgIpc) is 2.72. The molecular weight excluding hydrogens is 324 g/mol. The second-order valence-electron chi connectivity index (χ2n) is 4.37. The third-order valence-corrected chi connectivity index (χ3v) is 3.52. The number of esters is 1. The van der Waals surface area contributed by atoms with Crippen LogP contribution in [-0.2, 0) is 23.0 Å². The normalized spacial score (nSPS) is 11.8. The van der Waals surface area contributed by atoms with Crippen molar-refractivity contribution in [3.05, 3.63) is 34.4 Å². The van der Waals surface area contributed by atoms with E-state index in [1.54, 1.807) is 6.92 Å². The highest BCUT2D eigenvalue weighted by Gasteiger charge is 2.17. The molecule has 0 fully saturated rings. The minimum atomic E-state index is -0.595. The van der Waals surface area contributed by atoms with Crippen molar-refractivity contribution >= 4 is 38.5 Å². The van der Waals surface area contributed by atoms with Gasteiger partial charge in [-0.25, -0.2) is 4.79 Å². The van der Waals surface area contributed by atoms with Crippen LogP contribution in [0.25, 0.3) is 10.9 Å². The fourth-order valence-corrected chi connectivity index (χ4v) is 2.49. The molecule has 6 heteroatoms. The number of aryl methyl sites for hydroxylation is 1. The van der Waals surface area contributed by atoms with Crippen molar-refractivity contribution < 1.29 is 14.7 Å². The van der Waals surface area contributed by atoms with Gasteiger partial charge in [-0.05, 0) is 30.7 Å². The quantitative estimate of drug-likeness (QED) is 0.403. The second kappa shape index (κ2) is 6.09. The van der Waals surface area contributed by atoms with Crippen LogP contribution in [0.2, 0.25) is 0 Å². The first-order chi connectivity index (χ1) is 9.56. The topological polar surface area (TPSA) is 63.8 Å². The number of nitrogens with zero attached hydrogens (tertiary/aromatic N) is 2. The molecule has 0 atom stereocenters. The van der Waals surface area contributed by atoms with Crippen LogP contribution in [0.3, 0.4) is 0 Å². The first-order valence-corrected chi connectivity index (χ1v) is 6.97. The maximum Gasteiger partial charge on any atom is 0.356 e. The summed E-state index contributed by atoms with van der Waals surface area (Å²) in [4.78, 5) is 11.7. The Kier molecular flexibility index (Phi) is 4.44. The van der Waals surface area contributed by atoms with Gasteiger partial charge in [-0.15, -0.1) is 0 Å². The lowest BCUT2D eigenvalue weighted by Gasteiger charge is -2.03. The molecule has 0 aliphatic heterocycles. The molecule has 0 radical (unpaired) electrons. The Balaban J connectivity index is 2.38. The number of hydrogen-bond acceptors (Lipinski definition) is 4. The molecule has 0 aliphatic carbocycles. The van der Waals surface area contributed by atoms with Crippen molar-refractivity contribution in [3.8, 4) is 0 Å². The van der Waals surface area contributed by atoms with E-state index < -0.39 is 5.97 Å². The second-order valence-corrected chi connectivity index (χ2v) is 5.29. The molecule has 1 aromatic carbocycles. The van der Waals surface area contributed by atoms with E-state index in [1.165, 1.54) is 0 Å². The lowest BCUT2D eigenvalue weighted by molar-refractivity contribution is -0.135. The summed E-state index contributed by atoms with van der Waals surface area (Å²) in [6.45, 7) is 1.96. The number of rotatable bonds is 4. The Hall–Kier alpha value is -1.82. The molecule has 5 nitrogen and oxygen atoms in total. The van der Waals surface area contributed by atoms with Gasteiger partial charge in [-0.1, -0.05) is 21.1 Å². The average molecular weight is 339 g/mol. The number of hydrogen-bond donors (Lipinski definition) is 1. The molecule has 0 saturated carbocycles. The summed E-state index contributed by atoms with van der Waals surface area (Å²) < 4.78 is 7.79. The lowest BCUT2D eigenvalue weighted by Crippen LogP contribution is -2.19. The van der Waals surface area contributed by atoms with Crippen LogP contribution in [0.15, 0.2) is 34.0 Å². The van der Waals surface area contributed by atoms with E-state index in [0.717, 1.165) is 20.9 Å². The van der Waals surface area contributed by atoms with E-state index in [1.807, 2.05) is 36.0 Å². The van der Waals surface area contributed by atoms with Crippen molar-refractivity contribution in [2.75, 3.05) is 6.61 Å². The van der Waals surface area contributed by atoms with E-state index in [-0.39, 0.29) is 18.7 Å². The number of carbonyl (C=O) groups excluding carboxylic acids is 1. The number of aromatic nitrogens is 1. The number of halogens is 1. The minimum Gasteiger partial charge on any atom is -0.461 e. The molecule has 106 valence electrons. The van der Waals surface area contributed by atoms with Crippen LogP contribution < -0.4 is 0 Å². The zero-order valence-electron chi connectivity index (χ0n) is 11.3. The summed E-state index contributed by atoms with van der Waals surface area (Å²) in [5, 5.41) is 13.1. The lowest BCUT2D eigenvalue weighted by atomic mass is 10.1. The summed E-state index contributed by atoms with van der Waals surface area (Å²) in [5.74, 6) is -0.595. The smallest absolute Gasteiger partial charge is 0.356 e. The van der Waals surface area contributed by atoms with E-state index in [9.17, 15) is 4.79 Å². The third-order valence-electron chi connectivity index (χ3n) is 3.02. The number of benzene rings is 1. The Morgan fingerprint density at radius 2 is 2.25 bits per heavy atom. The van der Waals surface area contributed by atoms with Crippen molar-refractivity contribution in [1.29, 1.82) is 0 Å². The number of ether oxygens (including phenoxy) is 1. The number of carbonyl (C=O) groups is 1. The molecule has 0 amide bonds. The molecule has 0 spiro atoms. The Morgan fingerprint density at radius 1 is 1.50 bits per heavy atom. The summed E-state index contributed by atoms with van der Waals surface area (Å²) in [5.41, 5.74) is 1.95. The Bertz CT molecular complexity index is 676. The number of fused-ring (bicyclic) bond motifs is 1. The van der Waals surface area contributed by atoms with Gasteiger partial charge < -0.3 is 14.5 Å². The van der Waals surface area contributed by atoms with Gasteiger partial charge in [0.1, 0.15) is 0 Å². The van der Waals surface area contributed by atoms with Crippen LogP contribution in [0.4, 0.5) is 0 Å². The van der Waals surface area contributed by atoms with E-state index >= 15 is 0 Å². The van der Waals surface area contributed by atoms with E-state index in [4.69, 9.17) is 9.94 Å². The van der Waals surface area contributed by atoms with Crippen LogP contribution >= 0.6 is 15.9 Å². The first-order valence-electron chi connectivity index (χ1n) is 6.18. The summed E-state index contributed by atoms with van der Waals surface area (Å²) in [7, 11) is 1.93. The van der Waals surface area contributed by atoms with Crippen molar-refractivity contribution in [3.63, 3.8) is 0 Å². The van der Waals surface area contributed by atoms with Gasteiger partial charge in [0.2, 0.25) is 0 Å². The summed E-state index contributed by atoms with van der Waals surface area (Å²) in [6, 6.07) is 5.92. The molecule has 1 aromatic heterocycles. The zero-order valence-corrected chi connectivity index (χ0v) is 12.8. The van der Waals surface area contributed by atoms with Gasteiger partial charge in [-0.2, -0.15) is 0 Å². The summed E-state index contributed by atoms with van der Waals surface area (Å²) in [6.07, 6.45) is 2.14. The third kappa shape index (κ3) is 2.85.